The molecule has 0 spiro atoms. The largest absolute Gasteiger partial charge is 0.465 e. The highest BCUT2D eigenvalue weighted by molar-refractivity contribution is 6.02. The summed E-state index contributed by atoms with van der Waals surface area (Å²) >= 11 is 0. The van der Waals surface area contributed by atoms with Gasteiger partial charge in [-0.2, -0.15) is 0 Å². The van der Waals surface area contributed by atoms with Gasteiger partial charge < -0.3 is 14.5 Å². The second kappa shape index (κ2) is 7.45. The van der Waals surface area contributed by atoms with Crippen LogP contribution in [0.15, 0.2) is 34.7 Å². The van der Waals surface area contributed by atoms with Crippen LogP contribution in [0.4, 0.5) is 10.5 Å². The molecule has 2 rings (SSSR count). The molecule has 0 atom stereocenters. The molecule has 1 aromatic carbocycles. The van der Waals surface area contributed by atoms with E-state index in [0.29, 0.717) is 28.3 Å². The van der Waals surface area contributed by atoms with Gasteiger partial charge in [-0.25, -0.2) is 9.59 Å². The number of urea groups is 1. The van der Waals surface area contributed by atoms with E-state index in [1.165, 1.54) is 0 Å². The fraction of sp³-hybridized carbons (Fsp3) is 0.235. The van der Waals surface area contributed by atoms with Crippen LogP contribution in [0.5, 0.6) is 0 Å². The zero-order chi connectivity index (χ0) is 17.7. The summed E-state index contributed by atoms with van der Waals surface area (Å²) in [4.78, 5) is 35.4. The Labute approximate surface area is 139 Å². The predicted octanol–water partition coefficient (Wildman–Crippen LogP) is 2.71. The Morgan fingerprint density at radius 2 is 1.71 bits per heavy atom. The van der Waals surface area contributed by atoms with Crippen molar-refractivity contribution in [2.24, 2.45) is 0 Å². The highest BCUT2D eigenvalue weighted by Gasteiger charge is 2.21. The first-order valence-corrected chi connectivity index (χ1v) is 7.28. The molecule has 0 bridgehead atoms. The summed E-state index contributed by atoms with van der Waals surface area (Å²) < 4.78 is 10.3. The number of ether oxygens (including phenoxy) is 1. The molecule has 0 aliphatic heterocycles. The van der Waals surface area contributed by atoms with Crippen LogP contribution in [0.25, 0.3) is 0 Å². The van der Waals surface area contributed by atoms with Gasteiger partial charge in [0.15, 0.2) is 6.61 Å². The molecule has 0 radical (unpaired) electrons. The quantitative estimate of drug-likeness (QED) is 0.840. The molecule has 3 amide bonds. The summed E-state index contributed by atoms with van der Waals surface area (Å²) in [7, 11) is 0. The lowest BCUT2D eigenvalue weighted by Crippen LogP contribution is -2.37. The van der Waals surface area contributed by atoms with Gasteiger partial charge in [0.05, 0.1) is 0 Å². The normalized spacial score (nSPS) is 10.1. The average Bonchev–Trinajstić information content (AvgIpc) is 2.78. The Bertz CT molecular complexity index is 765. The monoisotopic (exact) mass is 330 g/mol. The number of anilines is 1. The van der Waals surface area contributed by atoms with Crippen LogP contribution in [-0.4, -0.2) is 24.5 Å². The van der Waals surface area contributed by atoms with E-state index in [9.17, 15) is 14.4 Å². The number of furan rings is 1. The minimum atomic E-state index is -0.729. The summed E-state index contributed by atoms with van der Waals surface area (Å²) in [5.41, 5.74) is 1.51. The lowest BCUT2D eigenvalue weighted by molar-refractivity contribution is -0.123. The van der Waals surface area contributed by atoms with Crippen molar-refractivity contribution in [1.29, 1.82) is 0 Å². The van der Waals surface area contributed by atoms with E-state index in [4.69, 9.17) is 9.15 Å². The van der Waals surface area contributed by atoms with Crippen molar-refractivity contribution in [3.05, 3.63) is 53.0 Å². The molecule has 2 aromatic rings. The predicted molar refractivity (Wildman–Crippen MR) is 86.8 cm³/mol. The maximum atomic E-state index is 12.0. The topological polar surface area (TPSA) is 97.6 Å². The van der Waals surface area contributed by atoms with E-state index < -0.39 is 24.5 Å². The maximum Gasteiger partial charge on any atom is 0.342 e. The third kappa shape index (κ3) is 4.22. The maximum absolute atomic E-state index is 12.0. The first kappa shape index (κ1) is 17.3. The minimum Gasteiger partial charge on any atom is -0.465 e. The molecule has 0 saturated heterocycles. The second-order valence-electron chi connectivity index (χ2n) is 5.16. The van der Waals surface area contributed by atoms with Crippen LogP contribution in [0.2, 0.25) is 0 Å². The van der Waals surface area contributed by atoms with Crippen molar-refractivity contribution in [3.8, 4) is 0 Å². The van der Waals surface area contributed by atoms with E-state index in [1.54, 1.807) is 51.1 Å². The molecule has 2 N–H and O–H groups in total. The van der Waals surface area contributed by atoms with E-state index >= 15 is 0 Å². The van der Waals surface area contributed by atoms with Gasteiger partial charge in [-0.1, -0.05) is 18.2 Å². The molecule has 7 nitrogen and oxygen atoms in total. The summed E-state index contributed by atoms with van der Waals surface area (Å²) in [5.74, 6) is -0.351. The number of amides is 3. The smallest absolute Gasteiger partial charge is 0.342 e. The van der Waals surface area contributed by atoms with Crippen molar-refractivity contribution in [1.82, 2.24) is 5.32 Å². The van der Waals surface area contributed by atoms with Gasteiger partial charge in [-0.3, -0.25) is 10.1 Å². The average molecular weight is 330 g/mol. The summed E-state index contributed by atoms with van der Waals surface area (Å²) in [6.07, 6.45) is 0. The number of benzene rings is 1. The standard InChI is InChI=1S/C17H18N2O5/c1-10-11(2)24-12(3)15(10)16(21)23-9-14(20)19-17(22)18-13-7-5-4-6-8-13/h4-8H,9H2,1-3H3,(H2,18,19,20,22). The Hall–Kier alpha value is -3.09. The summed E-state index contributed by atoms with van der Waals surface area (Å²) in [6.45, 7) is 4.55. The number of hydrogen-bond donors (Lipinski definition) is 2. The number of carbonyl (C=O) groups is 3. The van der Waals surface area contributed by atoms with Gasteiger partial charge in [-0.05, 0) is 32.9 Å². The van der Waals surface area contributed by atoms with Crippen LogP contribution in [0, 0.1) is 20.8 Å². The number of rotatable bonds is 4. The van der Waals surface area contributed by atoms with Gasteiger partial charge in [-0.15, -0.1) is 0 Å². The van der Waals surface area contributed by atoms with Crippen molar-refractivity contribution in [3.63, 3.8) is 0 Å². The molecule has 0 saturated carbocycles. The molecule has 0 aliphatic carbocycles. The fourth-order valence-corrected chi connectivity index (χ4v) is 2.14. The SMILES string of the molecule is Cc1oc(C)c(C(=O)OCC(=O)NC(=O)Nc2ccccc2)c1C. The van der Waals surface area contributed by atoms with Gasteiger partial charge in [0.1, 0.15) is 17.1 Å². The molecule has 126 valence electrons. The van der Waals surface area contributed by atoms with Crippen molar-refractivity contribution in [2.75, 3.05) is 11.9 Å². The lowest BCUT2D eigenvalue weighted by atomic mass is 10.1. The van der Waals surface area contributed by atoms with Crippen LogP contribution in [-0.2, 0) is 9.53 Å². The molecule has 24 heavy (non-hydrogen) atoms. The minimum absolute atomic E-state index is 0.300. The van der Waals surface area contributed by atoms with E-state index in [0.717, 1.165) is 0 Å². The van der Waals surface area contributed by atoms with Crippen LogP contribution in [0.3, 0.4) is 0 Å². The highest BCUT2D eigenvalue weighted by Crippen LogP contribution is 2.21. The highest BCUT2D eigenvalue weighted by atomic mass is 16.5. The molecule has 0 fully saturated rings. The van der Waals surface area contributed by atoms with E-state index in [2.05, 4.69) is 10.6 Å². The van der Waals surface area contributed by atoms with E-state index in [-0.39, 0.29) is 0 Å². The lowest BCUT2D eigenvalue weighted by Gasteiger charge is -2.07. The van der Waals surface area contributed by atoms with Crippen molar-refractivity contribution < 1.29 is 23.5 Å². The molecular formula is C17H18N2O5. The Kier molecular flexibility index (Phi) is 5.36. The van der Waals surface area contributed by atoms with Gasteiger partial charge in [0, 0.05) is 11.3 Å². The van der Waals surface area contributed by atoms with Gasteiger partial charge in [0.2, 0.25) is 0 Å². The number of carbonyl (C=O) groups excluding carboxylic acids is 3. The Morgan fingerprint density at radius 3 is 2.29 bits per heavy atom. The Balaban J connectivity index is 1.84. The molecule has 0 aliphatic rings. The third-order valence-electron chi connectivity index (χ3n) is 3.38. The number of hydrogen-bond acceptors (Lipinski definition) is 5. The third-order valence-corrected chi connectivity index (χ3v) is 3.38. The molecule has 1 aromatic heterocycles. The van der Waals surface area contributed by atoms with Gasteiger partial charge >= 0.3 is 12.0 Å². The zero-order valence-corrected chi connectivity index (χ0v) is 13.6. The summed E-state index contributed by atoms with van der Waals surface area (Å²) in [5, 5.41) is 4.57. The molecular weight excluding hydrogens is 312 g/mol. The molecule has 1 heterocycles. The second-order valence-corrected chi connectivity index (χ2v) is 5.16. The number of para-hydroxylation sites is 1. The van der Waals surface area contributed by atoms with Gasteiger partial charge in [0.25, 0.3) is 5.91 Å². The van der Waals surface area contributed by atoms with Crippen molar-refractivity contribution in [2.45, 2.75) is 20.8 Å². The van der Waals surface area contributed by atoms with Crippen LogP contribution < -0.4 is 10.6 Å². The number of imide groups is 1. The number of aryl methyl sites for hydroxylation is 2. The first-order valence-electron chi connectivity index (χ1n) is 7.28. The number of esters is 1. The van der Waals surface area contributed by atoms with Crippen molar-refractivity contribution >= 4 is 23.6 Å². The molecule has 0 unspecified atom stereocenters. The summed E-state index contributed by atoms with van der Waals surface area (Å²) in [6, 6.07) is 7.95. The van der Waals surface area contributed by atoms with Crippen LogP contribution >= 0.6 is 0 Å². The fourth-order valence-electron chi connectivity index (χ4n) is 2.14. The first-order chi connectivity index (χ1) is 11.4. The molecule has 7 heteroatoms. The Morgan fingerprint density at radius 1 is 1.04 bits per heavy atom. The number of nitrogens with one attached hydrogen (secondary N) is 2. The zero-order valence-electron chi connectivity index (χ0n) is 13.6. The van der Waals surface area contributed by atoms with E-state index in [1.807, 2.05) is 0 Å². The van der Waals surface area contributed by atoms with Crippen LogP contribution in [0.1, 0.15) is 27.4 Å².